The monoisotopic (exact) mass is 257 g/mol. The van der Waals surface area contributed by atoms with Gasteiger partial charge in [-0.15, -0.1) is 0 Å². The molecule has 6 N–H and O–H groups in total. The molecule has 1 amide bonds. The molecule has 0 fully saturated rings. The molecule has 0 radical (unpaired) electrons. The predicted octanol–water partition coefficient (Wildman–Crippen LogP) is 1.50. The van der Waals surface area contributed by atoms with Crippen molar-refractivity contribution in [2.45, 2.75) is 41.5 Å². The Bertz CT molecular complexity index is 69.1. The molecule has 0 bridgehead atoms. The Morgan fingerprint density at radius 3 is 1.25 bits per heavy atom. The number of aliphatic hydroxyl groups excluding tert-OH is 1. The van der Waals surface area contributed by atoms with E-state index in [2.05, 4.69) is 10.1 Å². The van der Waals surface area contributed by atoms with Crippen LogP contribution in [0.25, 0.3) is 0 Å². The molecule has 112 valence electrons. The minimum absolute atomic E-state index is 0. The molecule has 0 atom stereocenters. The van der Waals surface area contributed by atoms with E-state index in [9.17, 15) is 4.79 Å². The average Bonchev–Trinajstić information content (AvgIpc) is 2.48. The molecule has 0 saturated heterocycles. The summed E-state index contributed by atoms with van der Waals surface area (Å²) < 4.78 is 14.1. The van der Waals surface area contributed by atoms with Gasteiger partial charge in [-0.1, -0.05) is 41.5 Å². The van der Waals surface area contributed by atoms with E-state index in [1.54, 1.807) is 0 Å². The largest absolute Gasteiger partial charge is 0.453 e. The molecule has 6 nitrogen and oxygen atoms in total. The summed E-state index contributed by atoms with van der Waals surface area (Å²) in [5, 5.41) is 9.25. The highest BCUT2D eigenvalue weighted by atomic mass is 16.5. The summed E-state index contributed by atoms with van der Waals surface area (Å²) in [6.45, 7) is 12.0. The van der Waals surface area contributed by atoms with Crippen LogP contribution in [0.3, 0.4) is 0 Å². The molecule has 0 aliphatic carbocycles. The highest BCUT2D eigenvalue weighted by Gasteiger charge is 1.85. The first kappa shape index (κ1) is 36.2. The number of nitrogens with one attached hydrogen (secondary N) is 1. The summed E-state index contributed by atoms with van der Waals surface area (Å²) in [7, 11) is 3.82. The second kappa shape index (κ2) is 142. The summed E-state index contributed by atoms with van der Waals surface area (Å²) in [4.78, 5) is 9.85. The Balaban J connectivity index is -0.00000000970. The second-order valence-electron chi connectivity index (χ2n) is 0.742. The van der Waals surface area contributed by atoms with Gasteiger partial charge in [0.1, 0.15) is 0 Å². The standard InChI is InChI=1S/C3H7NO2.3C2H6.CH4O.2H2O.2H2/c1-4-3(5)6-2;4*1-2;;;;/h1-2H3,(H,4,5);3*1-2H3;2H,1H3;2*1H2;2*1H/i;;;;;;;1+2T;1+2. The molecular formula is C10H37NO5. The Kier molecular flexibility index (Phi) is 322. The van der Waals surface area contributed by atoms with Crippen LogP contribution in [0, 0.1) is 0 Å². The van der Waals surface area contributed by atoms with Crippen LogP contribution in [0.15, 0.2) is 0 Å². The van der Waals surface area contributed by atoms with Crippen molar-refractivity contribution < 1.29 is 30.0 Å². The van der Waals surface area contributed by atoms with Crippen molar-refractivity contribution in [1.82, 2.24) is 5.32 Å². The minimum Gasteiger partial charge on any atom is -0.453 e. The van der Waals surface area contributed by atoms with Crippen LogP contribution >= 0.6 is 0 Å². The van der Waals surface area contributed by atoms with Crippen molar-refractivity contribution >= 4 is 6.09 Å². The van der Waals surface area contributed by atoms with Crippen molar-refractivity contribution in [2.24, 2.45) is 0 Å². The number of alkyl carbamates (subject to hydrolysis) is 1. The van der Waals surface area contributed by atoms with Crippen LogP contribution in [0.4, 0.5) is 4.79 Å². The molecule has 0 aromatic carbocycles. The lowest BCUT2D eigenvalue weighted by Gasteiger charge is -1.90. The molecule has 0 aliphatic heterocycles. The van der Waals surface area contributed by atoms with Gasteiger partial charge in [-0.05, 0) is 0 Å². The van der Waals surface area contributed by atoms with Gasteiger partial charge in [-0.2, -0.15) is 0 Å². The van der Waals surface area contributed by atoms with Crippen molar-refractivity contribution in [3.05, 3.63) is 0 Å². The average molecular weight is 257 g/mol. The lowest BCUT2D eigenvalue weighted by molar-refractivity contribution is 0.173. The fraction of sp³-hybridized carbons (Fsp3) is 0.900. The summed E-state index contributed by atoms with van der Waals surface area (Å²) >= 11 is 0. The highest BCUT2D eigenvalue weighted by molar-refractivity contribution is 5.66. The van der Waals surface area contributed by atoms with Gasteiger partial charge in [-0.3, -0.25) is 0 Å². The lowest BCUT2D eigenvalue weighted by atomic mass is 11.0. The molecule has 0 saturated carbocycles. The first-order chi connectivity index (χ1) is 7.81. The smallest absolute Gasteiger partial charge is 0.406 e. The Labute approximate surface area is 105 Å². The number of rotatable bonds is 0. The van der Waals surface area contributed by atoms with Crippen molar-refractivity contribution in [1.29, 1.82) is 0 Å². The second-order valence-corrected chi connectivity index (χ2v) is 0.742. The van der Waals surface area contributed by atoms with Gasteiger partial charge in [0.25, 0.3) is 0 Å². The van der Waals surface area contributed by atoms with Crippen LogP contribution in [0.1, 0.15) is 45.9 Å². The summed E-state index contributed by atoms with van der Waals surface area (Å²) in [5.74, 6) is 0. The third-order valence-electron chi connectivity index (χ3n) is 0.390. The van der Waals surface area contributed by atoms with E-state index in [0.29, 0.717) is 0 Å². The number of carbonyl (C=O) groups is 1. The van der Waals surface area contributed by atoms with Gasteiger partial charge >= 0.3 is 6.09 Å². The Morgan fingerprint density at radius 2 is 1.25 bits per heavy atom. The topological polar surface area (TPSA) is 122 Å². The molecule has 0 rings (SSSR count). The Hall–Kier alpha value is -0.850. The van der Waals surface area contributed by atoms with E-state index < -0.39 is 6.09 Å². The number of methoxy groups -OCH3 is 1. The first-order valence-electron chi connectivity index (χ1n) is 6.01. The van der Waals surface area contributed by atoms with Crippen LogP contribution in [-0.2, 0) is 4.74 Å². The third-order valence-corrected chi connectivity index (χ3v) is 0.390. The minimum atomic E-state index is -0.407. The number of hydrogen-bond acceptors (Lipinski definition) is 3. The van der Waals surface area contributed by atoms with E-state index in [1.165, 1.54) is 14.2 Å². The maximum atomic E-state index is 9.85. The zero-order chi connectivity index (χ0) is 15.0. The van der Waals surface area contributed by atoms with E-state index in [1.807, 2.05) is 41.5 Å². The molecule has 0 heterocycles. The van der Waals surface area contributed by atoms with Gasteiger partial charge in [0, 0.05) is 18.6 Å². The predicted molar refractivity (Wildman–Crippen MR) is 75.1 cm³/mol. The number of amides is 1. The van der Waals surface area contributed by atoms with Crippen molar-refractivity contribution in [2.75, 3.05) is 21.3 Å². The quantitative estimate of drug-likeness (QED) is 0.683. The maximum Gasteiger partial charge on any atom is 0.406 e. The van der Waals surface area contributed by atoms with E-state index in [4.69, 9.17) is 8.08 Å². The third kappa shape index (κ3) is 196. The zero-order valence-electron chi connectivity index (χ0n) is 14.3. The number of hydrogen-bond donors (Lipinski definition) is 2. The van der Waals surface area contributed by atoms with Crippen LogP contribution in [0.5, 0.6) is 0 Å². The van der Waals surface area contributed by atoms with Crippen molar-refractivity contribution in [3.8, 4) is 0 Å². The number of aliphatic hydroxyl groups is 1. The molecule has 0 unspecified atom stereocenters. The molecule has 6 heteroatoms. The molecule has 16 heavy (non-hydrogen) atoms. The van der Waals surface area contributed by atoms with Crippen LogP contribution in [-0.4, -0.2) is 43.4 Å². The number of carbonyl (C=O) groups excluding carboxylic acids is 1. The first-order valence-corrected chi connectivity index (χ1v) is 5.01. The SMILES string of the molecule is CC.CC.CC.CNC(=O)OC.CO.O.O.[3HH].[3H][3H]. The van der Waals surface area contributed by atoms with E-state index in [-0.39, 0.29) is 12.4 Å². The highest BCUT2D eigenvalue weighted by Crippen LogP contribution is 1.62. The normalized spacial score (nSPS) is 4.62. The summed E-state index contributed by atoms with van der Waals surface area (Å²) in [6.07, 6.45) is -0.407. The van der Waals surface area contributed by atoms with E-state index in [0.717, 1.165) is 7.11 Å². The maximum absolute atomic E-state index is 9.85. The summed E-state index contributed by atoms with van der Waals surface area (Å²) in [5.41, 5.74) is 0. The molecule has 0 spiro atoms. The van der Waals surface area contributed by atoms with E-state index >= 15 is 0 Å². The molecule has 0 aromatic heterocycles. The van der Waals surface area contributed by atoms with Gasteiger partial charge in [0.15, 0.2) is 0 Å². The van der Waals surface area contributed by atoms with Gasteiger partial charge in [0.05, 0.1) is 7.11 Å². The lowest BCUT2D eigenvalue weighted by Crippen LogP contribution is -2.16. The van der Waals surface area contributed by atoms with Gasteiger partial charge < -0.3 is 26.1 Å². The van der Waals surface area contributed by atoms with Gasteiger partial charge in [0.2, 0.25) is 0 Å². The Morgan fingerprint density at radius 1 is 1.06 bits per heavy atom. The van der Waals surface area contributed by atoms with Crippen molar-refractivity contribution in [3.63, 3.8) is 0 Å². The fourth-order valence-corrected chi connectivity index (χ4v) is 0.102. The molecule has 0 aliphatic rings. The molecular weight excluding hydrogens is 214 g/mol. The molecule has 0 aromatic rings. The summed E-state index contributed by atoms with van der Waals surface area (Å²) in [6, 6.07) is 0. The number of ether oxygens (including phenoxy) is 1. The zero-order valence-corrected chi connectivity index (χ0v) is 12.3. The van der Waals surface area contributed by atoms with Crippen LogP contribution in [0.2, 0.25) is 0 Å². The van der Waals surface area contributed by atoms with Crippen LogP contribution < -0.4 is 5.32 Å². The fourth-order valence-electron chi connectivity index (χ4n) is 0.102. The van der Waals surface area contributed by atoms with Gasteiger partial charge in [-0.25, -0.2) is 4.79 Å².